The fourth-order valence-electron chi connectivity index (χ4n) is 4.74. The predicted octanol–water partition coefficient (Wildman–Crippen LogP) is 5.49. The Morgan fingerprint density at radius 2 is 1.67 bits per heavy atom. The first-order chi connectivity index (χ1) is 19.7. The number of sulfonamides is 1. The molecule has 8 nitrogen and oxygen atoms in total. The van der Waals surface area contributed by atoms with E-state index < -0.39 is 55.0 Å². The van der Waals surface area contributed by atoms with Crippen molar-refractivity contribution in [2.45, 2.75) is 68.5 Å². The lowest BCUT2D eigenvalue weighted by atomic mass is 9.99. The summed E-state index contributed by atoms with van der Waals surface area (Å²) in [5.41, 5.74) is -0.211. The molecule has 2 aromatic carbocycles. The first-order valence-corrected chi connectivity index (χ1v) is 15.2. The molecule has 1 aliphatic heterocycles. The maximum atomic E-state index is 15.8. The summed E-state index contributed by atoms with van der Waals surface area (Å²) in [5.74, 6) is -5.92. The van der Waals surface area contributed by atoms with E-state index in [1.54, 1.807) is 6.07 Å². The van der Waals surface area contributed by atoms with Gasteiger partial charge in [0.1, 0.15) is 23.5 Å². The van der Waals surface area contributed by atoms with Crippen molar-refractivity contribution in [2.24, 2.45) is 0 Å². The fourth-order valence-corrected chi connectivity index (χ4v) is 6.46. The van der Waals surface area contributed by atoms with Crippen LogP contribution in [-0.2, 0) is 26.2 Å². The van der Waals surface area contributed by atoms with E-state index in [0.717, 1.165) is 25.0 Å². The summed E-state index contributed by atoms with van der Waals surface area (Å²) >= 11 is 6.04. The molecule has 42 heavy (non-hydrogen) atoms. The highest BCUT2D eigenvalue weighted by Gasteiger charge is 2.50. The number of piperidine rings is 1. The van der Waals surface area contributed by atoms with Crippen LogP contribution in [0.4, 0.5) is 22.0 Å². The number of hydrogen-bond donors (Lipinski definition) is 0. The number of alkyl halides is 3. The van der Waals surface area contributed by atoms with Crippen LogP contribution in [0, 0.1) is 11.6 Å². The van der Waals surface area contributed by atoms with Gasteiger partial charge in [0.25, 0.3) is 10.0 Å². The van der Waals surface area contributed by atoms with E-state index >= 15 is 4.39 Å². The number of ether oxygens (including phenoxy) is 1. The molecule has 0 N–H and O–H groups in total. The molecular formula is C27H26ClF5N2O6S. The summed E-state index contributed by atoms with van der Waals surface area (Å²) in [6.45, 7) is 0.922. The molecule has 0 radical (unpaired) electrons. The number of hydrogen-bond acceptors (Lipinski definition) is 7. The van der Waals surface area contributed by atoms with Crippen LogP contribution in [0.25, 0.3) is 0 Å². The van der Waals surface area contributed by atoms with E-state index in [1.165, 1.54) is 12.1 Å². The van der Waals surface area contributed by atoms with Crippen molar-refractivity contribution >= 4 is 33.5 Å². The van der Waals surface area contributed by atoms with Gasteiger partial charge in [-0.2, -0.15) is 13.2 Å². The van der Waals surface area contributed by atoms with Gasteiger partial charge in [-0.1, -0.05) is 22.1 Å². The molecule has 0 spiro atoms. The quantitative estimate of drug-likeness (QED) is 0.279. The first kappa shape index (κ1) is 30.5. The number of nitrogens with zero attached hydrogens (tertiary/aromatic N) is 2. The van der Waals surface area contributed by atoms with Gasteiger partial charge >= 0.3 is 18.1 Å². The van der Waals surface area contributed by atoms with E-state index in [-0.39, 0.29) is 42.0 Å². The SMILES string of the molecule is O=C(c1cc(C2CC2)cc(CN2CCC(Oc3ccc(F)cc3Cl)CC2)c1F)N(OC(=O)C(F)(F)F)S(=O)(=O)C1CC1. The highest BCUT2D eigenvalue weighted by Crippen LogP contribution is 2.42. The zero-order valence-electron chi connectivity index (χ0n) is 22.0. The van der Waals surface area contributed by atoms with Crippen molar-refractivity contribution < 1.29 is 49.5 Å². The summed E-state index contributed by atoms with van der Waals surface area (Å²) in [5, 5.41) is -1.09. The molecule has 0 unspecified atom stereocenters. The molecule has 1 saturated heterocycles. The van der Waals surface area contributed by atoms with Gasteiger partial charge in [-0.3, -0.25) is 9.69 Å². The predicted molar refractivity (Wildman–Crippen MR) is 139 cm³/mol. The second-order valence-electron chi connectivity index (χ2n) is 10.6. The largest absolute Gasteiger partial charge is 0.493 e. The molecular weight excluding hydrogens is 611 g/mol. The third kappa shape index (κ3) is 6.81. The summed E-state index contributed by atoms with van der Waals surface area (Å²) in [4.78, 5) is 30.8. The van der Waals surface area contributed by atoms with Crippen LogP contribution < -0.4 is 4.74 Å². The van der Waals surface area contributed by atoms with E-state index in [1.807, 2.05) is 4.90 Å². The van der Waals surface area contributed by atoms with Crippen molar-refractivity contribution in [1.29, 1.82) is 0 Å². The van der Waals surface area contributed by atoms with E-state index in [2.05, 4.69) is 4.84 Å². The third-order valence-electron chi connectivity index (χ3n) is 7.31. The van der Waals surface area contributed by atoms with Gasteiger partial charge in [0.2, 0.25) is 0 Å². The minimum Gasteiger partial charge on any atom is -0.489 e. The van der Waals surface area contributed by atoms with E-state index in [4.69, 9.17) is 16.3 Å². The normalized spacial score (nSPS) is 18.5. The molecule has 2 aromatic rings. The maximum absolute atomic E-state index is 15.8. The molecule has 1 amide bonds. The van der Waals surface area contributed by atoms with Gasteiger partial charge in [-0.25, -0.2) is 22.0 Å². The first-order valence-electron chi connectivity index (χ1n) is 13.3. The lowest BCUT2D eigenvalue weighted by molar-refractivity contribution is -0.217. The Bertz CT molecular complexity index is 1490. The molecule has 0 aromatic heterocycles. The molecule has 15 heteroatoms. The lowest BCUT2D eigenvalue weighted by Crippen LogP contribution is -2.44. The zero-order valence-corrected chi connectivity index (χ0v) is 23.6. The number of halogens is 6. The lowest BCUT2D eigenvalue weighted by Gasteiger charge is -2.32. The van der Waals surface area contributed by atoms with Crippen molar-refractivity contribution in [1.82, 2.24) is 9.37 Å². The van der Waals surface area contributed by atoms with Crippen molar-refractivity contribution in [2.75, 3.05) is 13.1 Å². The molecule has 1 heterocycles. The monoisotopic (exact) mass is 636 g/mol. The topological polar surface area (TPSA) is 93.2 Å². The molecule has 228 valence electrons. The standard InChI is InChI=1S/C27H26ClF5N2O6S/c28-22-13-18(29)3-6-23(22)40-19-7-9-34(10-8-19)14-17-11-16(15-1-2-15)12-21(24(17)30)25(36)35(41-26(37)27(31,32)33)42(38,39)20-4-5-20/h3,6,11-13,15,19-20H,1-2,4-5,7-10,14H2. The summed E-state index contributed by atoms with van der Waals surface area (Å²) in [6, 6.07) is 6.47. The second-order valence-corrected chi connectivity index (χ2v) is 13.1. The maximum Gasteiger partial charge on any atom is 0.493 e. The van der Waals surface area contributed by atoms with Crippen molar-refractivity contribution in [3.05, 3.63) is 63.7 Å². The summed E-state index contributed by atoms with van der Waals surface area (Å²) in [6.07, 6.45) is -3.21. The van der Waals surface area contributed by atoms with Gasteiger partial charge in [0, 0.05) is 25.2 Å². The zero-order chi connectivity index (χ0) is 30.4. The molecule has 2 aliphatic carbocycles. The third-order valence-corrected chi connectivity index (χ3v) is 9.62. The molecule has 0 atom stereocenters. The highest BCUT2D eigenvalue weighted by molar-refractivity contribution is 7.90. The number of amides is 1. The van der Waals surface area contributed by atoms with Crippen LogP contribution in [0.3, 0.4) is 0 Å². The molecule has 3 fully saturated rings. The minimum atomic E-state index is -5.59. The molecule has 0 bridgehead atoms. The van der Waals surface area contributed by atoms with Crippen molar-refractivity contribution in [3.63, 3.8) is 0 Å². The second kappa shape index (κ2) is 11.6. The highest BCUT2D eigenvalue weighted by atomic mass is 35.5. The Kier molecular flexibility index (Phi) is 8.42. The Morgan fingerprint density at radius 1 is 1.00 bits per heavy atom. The van der Waals surface area contributed by atoms with Crippen LogP contribution >= 0.6 is 11.6 Å². The van der Waals surface area contributed by atoms with Gasteiger partial charge in [-0.15, -0.1) is 0 Å². The molecule has 3 aliphatic rings. The number of carbonyl (C=O) groups excluding carboxylic acids is 2. The van der Waals surface area contributed by atoms with Crippen LogP contribution in [0.15, 0.2) is 30.3 Å². The van der Waals surface area contributed by atoms with Gasteiger partial charge in [0.15, 0.2) is 0 Å². The molecule has 5 rings (SSSR count). The number of benzene rings is 2. The Labute approximate surface area is 243 Å². The van der Waals surface area contributed by atoms with Crippen LogP contribution in [0.5, 0.6) is 5.75 Å². The fraction of sp³-hybridized carbons (Fsp3) is 0.481. The van der Waals surface area contributed by atoms with Crippen LogP contribution in [0.2, 0.25) is 5.02 Å². The van der Waals surface area contributed by atoms with Crippen molar-refractivity contribution in [3.8, 4) is 5.75 Å². The summed E-state index contributed by atoms with van der Waals surface area (Å²) < 4.78 is 98.8. The Morgan fingerprint density at radius 3 is 2.24 bits per heavy atom. The Balaban J connectivity index is 1.35. The number of hydroxylamine groups is 1. The summed E-state index contributed by atoms with van der Waals surface area (Å²) in [7, 11) is -4.82. The average Bonchev–Trinajstić information content (AvgIpc) is 3.82. The van der Waals surface area contributed by atoms with Gasteiger partial charge in [0.05, 0.1) is 15.8 Å². The van der Waals surface area contributed by atoms with Gasteiger partial charge in [-0.05, 0) is 74.3 Å². The van der Waals surface area contributed by atoms with Crippen LogP contribution in [-0.4, -0.2) is 60.3 Å². The van der Waals surface area contributed by atoms with Gasteiger partial charge < -0.3 is 9.57 Å². The number of rotatable bonds is 8. The number of carbonyl (C=O) groups is 2. The minimum absolute atomic E-state index is 0.0222. The van der Waals surface area contributed by atoms with E-state index in [9.17, 15) is 35.6 Å². The average molecular weight is 637 g/mol. The van der Waals surface area contributed by atoms with E-state index in [0.29, 0.717) is 37.2 Å². The van der Waals surface area contributed by atoms with Crippen LogP contribution in [0.1, 0.15) is 65.9 Å². The Hall–Kier alpha value is -2.97. The number of likely N-dealkylation sites (tertiary alicyclic amines) is 1. The molecule has 2 saturated carbocycles. The smallest absolute Gasteiger partial charge is 0.489 e.